The first-order valence-corrected chi connectivity index (χ1v) is 4.43. The fourth-order valence-electron chi connectivity index (χ4n) is 1.20. The van der Waals surface area contributed by atoms with Gasteiger partial charge in [-0.05, 0) is 20.3 Å². The van der Waals surface area contributed by atoms with E-state index in [2.05, 4.69) is 0 Å². The molecule has 15 heavy (non-hydrogen) atoms. The van der Waals surface area contributed by atoms with Crippen LogP contribution in [0.2, 0.25) is 0 Å². The van der Waals surface area contributed by atoms with Gasteiger partial charge in [0.15, 0.2) is 23.3 Å². The largest absolute Gasteiger partial charge is 0.203 e. The zero-order valence-electron chi connectivity index (χ0n) is 8.37. The van der Waals surface area contributed by atoms with Crippen molar-refractivity contribution in [3.8, 4) is 0 Å². The summed E-state index contributed by atoms with van der Waals surface area (Å²) >= 11 is 0. The molecule has 0 aliphatic rings. The normalized spacial score (nSPS) is 11.3. The second-order valence-corrected chi connectivity index (χ2v) is 3.13. The van der Waals surface area contributed by atoms with E-state index in [4.69, 9.17) is 0 Å². The highest BCUT2D eigenvalue weighted by molar-refractivity contribution is 5.30. The zero-order valence-corrected chi connectivity index (χ0v) is 8.37. The maximum Gasteiger partial charge on any atom is 0.165 e. The Bertz CT molecular complexity index is 379. The third kappa shape index (κ3) is 2.03. The molecule has 0 unspecified atom stereocenters. The molecule has 0 saturated carbocycles. The number of hydrogen-bond acceptors (Lipinski definition) is 0. The van der Waals surface area contributed by atoms with Crippen LogP contribution in [0.3, 0.4) is 0 Å². The van der Waals surface area contributed by atoms with Gasteiger partial charge in [0.1, 0.15) is 0 Å². The molecule has 82 valence electrons. The first-order chi connectivity index (χ1) is 7.00. The molecular formula is C11H10F4. The fraction of sp³-hybridized carbons (Fsp3) is 0.273. The SMILES string of the molecule is C/C=C\Cc1c(F)c(F)c(C)c(F)c1F. The Kier molecular flexibility index (Phi) is 3.50. The zero-order chi connectivity index (χ0) is 11.6. The van der Waals surface area contributed by atoms with Gasteiger partial charge in [0, 0.05) is 11.1 Å². The van der Waals surface area contributed by atoms with E-state index in [1.165, 1.54) is 6.08 Å². The molecule has 1 rings (SSSR count). The average molecular weight is 218 g/mol. The second kappa shape index (κ2) is 4.47. The minimum absolute atomic E-state index is 0.164. The number of hydrogen-bond donors (Lipinski definition) is 0. The summed E-state index contributed by atoms with van der Waals surface area (Å²) < 4.78 is 52.5. The summed E-state index contributed by atoms with van der Waals surface area (Å²) in [5, 5.41) is 0. The molecule has 0 aliphatic heterocycles. The molecule has 0 aromatic heterocycles. The van der Waals surface area contributed by atoms with Gasteiger partial charge in [-0.1, -0.05) is 12.2 Å². The molecule has 0 radical (unpaired) electrons. The van der Waals surface area contributed by atoms with Gasteiger partial charge >= 0.3 is 0 Å². The first-order valence-electron chi connectivity index (χ1n) is 4.43. The van der Waals surface area contributed by atoms with Crippen molar-refractivity contribution in [1.29, 1.82) is 0 Å². The van der Waals surface area contributed by atoms with Gasteiger partial charge in [-0.2, -0.15) is 0 Å². The number of allylic oxidation sites excluding steroid dienone is 2. The lowest BCUT2D eigenvalue weighted by atomic mass is 10.1. The van der Waals surface area contributed by atoms with Crippen molar-refractivity contribution in [2.24, 2.45) is 0 Å². The summed E-state index contributed by atoms with van der Waals surface area (Å²) in [6, 6.07) is 0. The van der Waals surface area contributed by atoms with E-state index >= 15 is 0 Å². The topological polar surface area (TPSA) is 0 Å². The maximum absolute atomic E-state index is 13.2. The molecule has 0 saturated heterocycles. The Morgan fingerprint density at radius 1 is 0.933 bits per heavy atom. The van der Waals surface area contributed by atoms with Gasteiger partial charge in [-0.25, -0.2) is 17.6 Å². The molecule has 0 N–H and O–H groups in total. The van der Waals surface area contributed by atoms with Crippen LogP contribution in [-0.2, 0) is 6.42 Å². The van der Waals surface area contributed by atoms with E-state index in [9.17, 15) is 17.6 Å². The molecule has 4 heteroatoms. The second-order valence-electron chi connectivity index (χ2n) is 3.13. The molecular weight excluding hydrogens is 208 g/mol. The lowest BCUT2D eigenvalue weighted by Gasteiger charge is -2.07. The highest BCUT2D eigenvalue weighted by atomic mass is 19.2. The standard InChI is InChI=1S/C11H10F4/c1-3-4-5-7-10(14)8(12)6(2)9(13)11(7)15/h3-4H,5H2,1-2H3/b4-3-. The van der Waals surface area contributed by atoms with Gasteiger partial charge in [0.05, 0.1) is 0 Å². The molecule has 1 aromatic carbocycles. The van der Waals surface area contributed by atoms with Gasteiger partial charge in [0.25, 0.3) is 0 Å². The third-order valence-corrected chi connectivity index (χ3v) is 2.13. The van der Waals surface area contributed by atoms with Crippen molar-refractivity contribution in [3.63, 3.8) is 0 Å². The lowest BCUT2D eigenvalue weighted by Crippen LogP contribution is -2.05. The Morgan fingerprint density at radius 3 is 1.80 bits per heavy atom. The van der Waals surface area contributed by atoms with E-state index < -0.39 is 34.4 Å². The quantitative estimate of drug-likeness (QED) is 0.403. The van der Waals surface area contributed by atoms with Crippen LogP contribution in [0.4, 0.5) is 17.6 Å². The van der Waals surface area contributed by atoms with Crippen molar-refractivity contribution in [2.45, 2.75) is 20.3 Å². The van der Waals surface area contributed by atoms with Gasteiger partial charge in [0.2, 0.25) is 0 Å². The van der Waals surface area contributed by atoms with Crippen LogP contribution < -0.4 is 0 Å². The molecule has 1 aromatic rings. The first kappa shape index (κ1) is 11.8. The van der Waals surface area contributed by atoms with Crippen LogP contribution in [0, 0.1) is 30.2 Å². The number of halogens is 4. The Hall–Kier alpha value is -1.32. The predicted octanol–water partition coefficient (Wildman–Crippen LogP) is 3.67. The molecule has 0 bridgehead atoms. The van der Waals surface area contributed by atoms with Gasteiger partial charge < -0.3 is 0 Å². The van der Waals surface area contributed by atoms with Crippen molar-refractivity contribution < 1.29 is 17.6 Å². The molecule has 0 aliphatic carbocycles. The maximum atomic E-state index is 13.2. The predicted molar refractivity (Wildman–Crippen MR) is 49.5 cm³/mol. The van der Waals surface area contributed by atoms with Crippen LogP contribution in [0.25, 0.3) is 0 Å². The Labute approximate surface area is 85.2 Å². The minimum atomic E-state index is -1.33. The molecule has 0 spiro atoms. The highest BCUT2D eigenvalue weighted by Gasteiger charge is 2.21. The molecule has 0 amide bonds. The van der Waals surface area contributed by atoms with Crippen LogP contribution in [0.1, 0.15) is 18.1 Å². The lowest BCUT2D eigenvalue weighted by molar-refractivity contribution is 0.434. The molecule has 0 fully saturated rings. The van der Waals surface area contributed by atoms with Crippen LogP contribution in [0.5, 0.6) is 0 Å². The highest BCUT2D eigenvalue weighted by Crippen LogP contribution is 2.23. The Balaban J connectivity index is 3.38. The Morgan fingerprint density at radius 2 is 1.40 bits per heavy atom. The van der Waals surface area contributed by atoms with E-state index in [0.29, 0.717) is 0 Å². The molecule has 0 heterocycles. The smallest absolute Gasteiger partial charge is 0.165 e. The van der Waals surface area contributed by atoms with Crippen molar-refractivity contribution >= 4 is 0 Å². The number of benzene rings is 1. The van der Waals surface area contributed by atoms with Crippen LogP contribution >= 0.6 is 0 Å². The third-order valence-electron chi connectivity index (χ3n) is 2.13. The summed E-state index contributed by atoms with van der Waals surface area (Å²) in [5.41, 5.74) is -1.21. The van der Waals surface area contributed by atoms with E-state index in [-0.39, 0.29) is 6.42 Å². The van der Waals surface area contributed by atoms with Gasteiger partial charge in [-0.15, -0.1) is 0 Å². The summed E-state index contributed by atoms with van der Waals surface area (Å²) in [5.74, 6) is -5.28. The summed E-state index contributed by atoms with van der Waals surface area (Å²) in [4.78, 5) is 0. The van der Waals surface area contributed by atoms with Crippen molar-refractivity contribution in [1.82, 2.24) is 0 Å². The van der Waals surface area contributed by atoms with E-state index in [0.717, 1.165) is 6.92 Å². The minimum Gasteiger partial charge on any atom is -0.203 e. The number of rotatable bonds is 2. The molecule has 0 nitrogen and oxygen atoms in total. The van der Waals surface area contributed by atoms with E-state index in [1.54, 1.807) is 13.0 Å². The summed E-state index contributed by atoms with van der Waals surface area (Å²) in [7, 11) is 0. The molecule has 0 atom stereocenters. The van der Waals surface area contributed by atoms with Gasteiger partial charge in [-0.3, -0.25) is 0 Å². The van der Waals surface area contributed by atoms with Crippen LogP contribution in [0.15, 0.2) is 12.2 Å². The van der Waals surface area contributed by atoms with Crippen molar-refractivity contribution in [3.05, 3.63) is 46.5 Å². The van der Waals surface area contributed by atoms with Crippen molar-refractivity contribution in [2.75, 3.05) is 0 Å². The summed E-state index contributed by atoms with van der Waals surface area (Å²) in [6.07, 6.45) is 2.81. The van der Waals surface area contributed by atoms with E-state index in [1.807, 2.05) is 0 Å². The van der Waals surface area contributed by atoms with Crippen LogP contribution in [-0.4, -0.2) is 0 Å². The monoisotopic (exact) mass is 218 g/mol. The average Bonchev–Trinajstić information content (AvgIpc) is 2.24. The fourth-order valence-corrected chi connectivity index (χ4v) is 1.20. The summed E-state index contributed by atoms with van der Waals surface area (Å²) in [6.45, 7) is 2.65.